The van der Waals surface area contributed by atoms with E-state index in [1.54, 1.807) is 0 Å². The summed E-state index contributed by atoms with van der Waals surface area (Å²) in [5, 5.41) is 0. The number of nitrogens with zero attached hydrogens (tertiary/aromatic N) is 1. The van der Waals surface area contributed by atoms with Crippen molar-refractivity contribution < 1.29 is 9.47 Å². The first-order valence-corrected chi connectivity index (χ1v) is 8.74. The second-order valence-corrected chi connectivity index (χ2v) is 6.66. The van der Waals surface area contributed by atoms with E-state index in [0.29, 0.717) is 6.61 Å². The summed E-state index contributed by atoms with van der Waals surface area (Å²) in [4.78, 5) is 3.09. The first kappa shape index (κ1) is 16.9. The average Bonchev–Trinajstić information content (AvgIpc) is 2.59. The fraction of sp³-hybridized carbons (Fsp3) is 0.350. The van der Waals surface area contributed by atoms with Gasteiger partial charge in [0.05, 0.1) is 12.2 Å². The number of ether oxygens (including phenoxy) is 2. The van der Waals surface area contributed by atoms with Crippen molar-refractivity contribution in [1.82, 2.24) is 4.90 Å². The first-order valence-electron chi connectivity index (χ1n) is 8.33. The summed E-state index contributed by atoms with van der Waals surface area (Å²) in [5.74, 6) is 0.841. The smallest absolute Gasteiger partial charge is 0.120 e. The highest BCUT2D eigenvalue weighted by Crippen LogP contribution is 2.20. The molecule has 2 aromatic rings. The van der Waals surface area contributed by atoms with Crippen LogP contribution in [0.15, 0.2) is 54.6 Å². The summed E-state index contributed by atoms with van der Waals surface area (Å²) in [5.41, 5.74) is 2.18. The van der Waals surface area contributed by atoms with Crippen molar-refractivity contribution in [2.75, 3.05) is 13.1 Å². The van der Waals surface area contributed by atoms with Gasteiger partial charge in [0.2, 0.25) is 0 Å². The van der Waals surface area contributed by atoms with Crippen LogP contribution in [0.25, 0.3) is 0 Å². The molecule has 0 spiro atoms. The summed E-state index contributed by atoms with van der Waals surface area (Å²) >= 11 is 5.70. The lowest BCUT2D eigenvalue weighted by Crippen LogP contribution is -2.47. The first-order chi connectivity index (χ1) is 11.6. The van der Waals surface area contributed by atoms with E-state index in [4.69, 9.17) is 21.7 Å². The minimum absolute atomic E-state index is 0.198. The van der Waals surface area contributed by atoms with Gasteiger partial charge in [-0.15, -0.1) is 0 Å². The monoisotopic (exact) mass is 341 g/mol. The maximum Gasteiger partial charge on any atom is 0.120 e. The van der Waals surface area contributed by atoms with Crippen molar-refractivity contribution in [3.63, 3.8) is 0 Å². The highest BCUT2D eigenvalue weighted by Gasteiger charge is 2.24. The second kappa shape index (κ2) is 7.77. The number of rotatable bonds is 4. The van der Waals surface area contributed by atoms with E-state index >= 15 is 0 Å². The molecule has 0 saturated carbocycles. The molecule has 1 heterocycles. The summed E-state index contributed by atoms with van der Waals surface area (Å²) in [6, 6.07) is 18.2. The Morgan fingerprint density at radius 2 is 1.79 bits per heavy atom. The molecule has 1 fully saturated rings. The van der Waals surface area contributed by atoms with Crippen LogP contribution in [-0.4, -0.2) is 35.2 Å². The Morgan fingerprint density at radius 3 is 2.50 bits per heavy atom. The van der Waals surface area contributed by atoms with Gasteiger partial charge in [-0.3, -0.25) is 0 Å². The molecule has 3 rings (SSSR count). The van der Waals surface area contributed by atoms with Gasteiger partial charge >= 0.3 is 0 Å². The molecule has 3 nitrogen and oxygen atoms in total. The van der Waals surface area contributed by atoms with Crippen LogP contribution in [0, 0.1) is 0 Å². The zero-order valence-electron chi connectivity index (χ0n) is 14.1. The molecule has 1 aliphatic heterocycles. The predicted octanol–water partition coefficient (Wildman–Crippen LogP) is 4.05. The van der Waals surface area contributed by atoms with Crippen LogP contribution in [-0.2, 0) is 11.3 Å². The lowest BCUT2D eigenvalue weighted by Gasteiger charge is -2.37. The van der Waals surface area contributed by atoms with Gasteiger partial charge in [0, 0.05) is 18.7 Å². The van der Waals surface area contributed by atoms with E-state index in [1.807, 2.05) is 42.5 Å². The van der Waals surface area contributed by atoms with Crippen molar-refractivity contribution in [2.24, 2.45) is 0 Å². The summed E-state index contributed by atoms with van der Waals surface area (Å²) in [6.45, 7) is 6.40. The molecule has 1 saturated heterocycles. The van der Waals surface area contributed by atoms with Crippen LogP contribution < -0.4 is 4.74 Å². The molecule has 0 bridgehead atoms. The maximum absolute atomic E-state index is 5.91. The van der Waals surface area contributed by atoms with E-state index in [-0.39, 0.29) is 12.2 Å². The molecule has 2 atom stereocenters. The Morgan fingerprint density at radius 1 is 1.08 bits per heavy atom. The molecule has 4 heteroatoms. The van der Waals surface area contributed by atoms with Crippen LogP contribution in [0.5, 0.6) is 5.75 Å². The van der Waals surface area contributed by atoms with E-state index in [9.17, 15) is 0 Å². The van der Waals surface area contributed by atoms with Gasteiger partial charge in [0.1, 0.15) is 17.3 Å². The van der Waals surface area contributed by atoms with Crippen molar-refractivity contribution >= 4 is 17.2 Å². The highest BCUT2D eigenvalue weighted by atomic mass is 32.1. The zero-order valence-corrected chi connectivity index (χ0v) is 15.0. The average molecular weight is 341 g/mol. The molecular weight excluding hydrogens is 318 g/mol. The molecule has 0 unspecified atom stereocenters. The number of hydrogen-bond donors (Lipinski definition) is 0. The number of morpholine rings is 1. The van der Waals surface area contributed by atoms with E-state index in [1.165, 1.54) is 0 Å². The third-order valence-electron chi connectivity index (χ3n) is 4.04. The molecule has 1 aliphatic rings. The number of thiocarbonyl (C=S) groups is 1. The Balaban J connectivity index is 1.67. The van der Waals surface area contributed by atoms with Crippen molar-refractivity contribution in [2.45, 2.75) is 32.7 Å². The molecule has 0 aliphatic carbocycles. The summed E-state index contributed by atoms with van der Waals surface area (Å²) < 4.78 is 11.7. The predicted molar refractivity (Wildman–Crippen MR) is 100 cm³/mol. The van der Waals surface area contributed by atoms with Gasteiger partial charge in [0.25, 0.3) is 0 Å². The van der Waals surface area contributed by atoms with Gasteiger partial charge in [-0.2, -0.15) is 0 Å². The molecule has 0 aromatic heterocycles. The summed E-state index contributed by atoms with van der Waals surface area (Å²) in [6.07, 6.45) is 0.397. The Bertz CT molecular complexity index is 679. The topological polar surface area (TPSA) is 21.7 Å². The van der Waals surface area contributed by atoms with Gasteiger partial charge < -0.3 is 14.4 Å². The van der Waals surface area contributed by atoms with Crippen LogP contribution in [0.1, 0.15) is 25.0 Å². The van der Waals surface area contributed by atoms with Crippen LogP contribution in [0.2, 0.25) is 0 Å². The third kappa shape index (κ3) is 4.34. The Hall–Kier alpha value is -1.91. The normalized spacial score (nSPS) is 20.7. The van der Waals surface area contributed by atoms with E-state index < -0.39 is 0 Å². The maximum atomic E-state index is 5.91. The minimum atomic E-state index is 0.198. The zero-order chi connectivity index (χ0) is 16.9. The molecule has 24 heavy (non-hydrogen) atoms. The Kier molecular flexibility index (Phi) is 5.48. The fourth-order valence-electron chi connectivity index (χ4n) is 2.99. The number of benzene rings is 2. The SMILES string of the molecule is C[C@H]1CN(C(=S)c2cccc(OCc3ccccc3)c2)C[C@H](C)O1. The van der Waals surface area contributed by atoms with Gasteiger partial charge in [-0.05, 0) is 31.5 Å². The lowest BCUT2D eigenvalue weighted by atomic mass is 10.1. The molecule has 126 valence electrons. The second-order valence-electron chi connectivity index (χ2n) is 6.27. The number of hydrogen-bond acceptors (Lipinski definition) is 3. The van der Waals surface area contributed by atoms with Gasteiger partial charge in [-0.1, -0.05) is 54.7 Å². The van der Waals surface area contributed by atoms with Crippen molar-refractivity contribution in [3.8, 4) is 5.75 Å². The minimum Gasteiger partial charge on any atom is -0.489 e. The standard InChI is InChI=1S/C20H23NO2S/c1-15-12-21(13-16(2)23-15)20(24)18-9-6-10-19(11-18)22-14-17-7-4-3-5-8-17/h3-11,15-16H,12-14H2,1-2H3/t15-,16-/m0/s1. The highest BCUT2D eigenvalue weighted by molar-refractivity contribution is 7.80. The van der Waals surface area contributed by atoms with E-state index in [0.717, 1.165) is 35.0 Å². The molecule has 0 N–H and O–H groups in total. The molecule has 0 radical (unpaired) electrons. The molecule has 0 amide bonds. The quantitative estimate of drug-likeness (QED) is 0.782. The molecule has 2 aromatic carbocycles. The Labute approximate surface area is 149 Å². The third-order valence-corrected chi connectivity index (χ3v) is 4.53. The van der Waals surface area contributed by atoms with Gasteiger partial charge in [-0.25, -0.2) is 0 Å². The summed E-state index contributed by atoms with van der Waals surface area (Å²) in [7, 11) is 0. The van der Waals surface area contributed by atoms with Crippen molar-refractivity contribution in [3.05, 3.63) is 65.7 Å². The fourth-order valence-corrected chi connectivity index (χ4v) is 3.26. The lowest BCUT2D eigenvalue weighted by molar-refractivity contribution is -0.0472. The van der Waals surface area contributed by atoms with Crippen LogP contribution in [0.3, 0.4) is 0 Å². The van der Waals surface area contributed by atoms with Crippen LogP contribution >= 0.6 is 12.2 Å². The van der Waals surface area contributed by atoms with Gasteiger partial charge in [0.15, 0.2) is 0 Å². The van der Waals surface area contributed by atoms with E-state index in [2.05, 4.69) is 30.9 Å². The molecular formula is C20H23NO2S. The van der Waals surface area contributed by atoms with Crippen LogP contribution in [0.4, 0.5) is 0 Å². The largest absolute Gasteiger partial charge is 0.489 e. The van der Waals surface area contributed by atoms with Crippen molar-refractivity contribution in [1.29, 1.82) is 0 Å².